The third-order valence-electron chi connectivity index (χ3n) is 6.35. The van der Waals surface area contributed by atoms with Gasteiger partial charge in [-0.15, -0.1) is 11.3 Å². The van der Waals surface area contributed by atoms with Crippen molar-refractivity contribution < 1.29 is 9.59 Å². The standard InChI is InChI=1S/C23H29N3O2S/c1-16(22(27)25-12-6-7-13-25)18-10-14-26(15-11-18)23(28)20-17(2)24-21(29-20)19-8-4-3-5-9-19/h3-5,8-9,16,18H,6-7,10-15H2,1-2H3. The molecule has 5 nitrogen and oxygen atoms in total. The van der Waals surface area contributed by atoms with Crippen LogP contribution in [0.3, 0.4) is 0 Å². The molecule has 0 bridgehead atoms. The zero-order valence-electron chi connectivity index (χ0n) is 17.3. The van der Waals surface area contributed by atoms with E-state index in [0.717, 1.165) is 73.0 Å². The Kier molecular flexibility index (Phi) is 5.99. The van der Waals surface area contributed by atoms with Gasteiger partial charge in [-0.25, -0.2) is 4.98 Å². The zero-order valence-corrected chi connectivity index (χ0v) is 18.1. The summed E-state index contributed by atoms with van der Waals surface area (Å²) in [6, 6.07) is 10.0. The summed E-state index contributed by atoms with van der Waals surface area (Å²) in [6.07, 6.45) is 4.06. The normalized spacial score (nSPS) is 18.8. The van der Waals surface area contributed by atoms with E-state index < -0.39 is 0 Å². The van der Waals surface area contributed by atoms with E-state index in [2.05, 4.69) is 11.9 Å². The van der Waals surface area contributed by atoms with Crippen molar-refractivity contribution in [2.24, 2.45) is 11.8 Å². The first-order chi connectivity index (χ1) is 14.0. The molecule has 3 heterocycles. The minimum atomic E-state index is 0.0557. The smallest absolute Gasteiger partial charge is 0.265 e. The fraction of sp³-hybridized carbons (Fsp3) is 0.522. The Labute approximate surface area is 176 Å². The van der Waals surface area contributed by atoms with Crippen LogP contribution >= 0.6 is 11.3 Å². The van der Waals surface area contributed by atoms with Crippen molar-refractivity contribution in [3.8, 4) is 10.6 Å². The maximum atomic E-state index is 13.1. The van der Waals surface area contributed by atoms with E-state index in [1.54, 1.807) is 0 Å². The second-order valence-corrected chi connectivity index (χ2v) is 9.25. The van der Waals surface area contributed by atoms with Crippen LogP contribution in [0.2, 0.25) is 0 Å². The fourth-order valence-corrected chi connectivity index (χ4v) is 5.51. The van der Waals surface area contributed by atoms with Gasteiger partial charge in [0.25, 0.3) is 5.91 Å². The van der Waals surface area contributed by atoms with Crippen LogP contribution in [0.5, 0.6) is 0 Å². The molecule has 2 aromatic rings. The molecular weight excluding hydrogens is 382 g/mol. The average molecular weight is 412 g/mol. The largest absolute Gasteiger partial charge is 0.342 e. The Bertz CT molecular complexity index is 866. The van der Waals surface area contributed by atoms with E-state index in [0.29, 0.717) is 11.8 Å². The first kappa shape index (κ1) is 20.1. The van der Waals surface area contributed by atoms with Gasteiger partial charge in [0, 0.05) is 37.7 Å². The average Bonchev–Trinajstić information content (AvgIpc) is 3.43. The van der Waals surface area contributed by atoms with Crippen molar-refractivity contribution in [2.75, 3.05) is 26.2 Å². The first-order valence-corrected chi connectivity index (χ1v) is 11.5. The Hall–Kier alpha value is -2.21. The number of thiazole rings is 1. The number of hydrogen-bond donors (Lipinski definition) is 0. The fourth-order valence-electron chi connectivity index (χ4n) is 4.47. The SMILES string of the molecule is Cc1nc(-c2ccccc2)sc1C(=O)N1CCC(C(C)C(=O)N2CCCC2)CC1. The van der Waals surface area contributed by atoms with Crippen LogP contribution in [0.15, 0.2) is 30.3 Å². The van der Waals surface area contributed by atoms with Gasteiger partial charge in [-0.1, -0.05) is 37.3 Å². The minimum absolute atomic E-state index is 0.0557. The monoisotopic (exact) mass is 411 g/mol. The molecule has 0 N–H and O–H groups in total. The molecule has 0 spiro atoms. The van der Waals surface area contributed by atoms with Gasteiger partial charge in [-0.05, 0) is 38.5 Å². The molecule has 2 fully saturated rings. The molecule has 0 aliphatic carbocycles. The summed E-state index contributed by atoms with van der Waals surface area (Å²) in [7, 11) is 0. The van der Waals surface area contributed by atoms with Gasteiger partial charge in [0.1, 0.15) is 9.88 Å². The Morgan fingerprint density at radius 3 is 2.34 bits per heavy atom. The van der Waals surface area contributed by atoms with Crippen molar-refractivity contribution in [3.05, 3.63) is 40.9 Å². The van der Waals surface area contributed by atoms with E-state index in [-0.39, 0.29) is 11.8 Å². The molecule has 6 heteroatoms. The molecule has 0 saturated carbocycles. The summed E-state index contributed by atoms with van der Waals surface area (Å²) in [5.41, 5.74) is 1.85. The second kappa shape index (κ2) is 8.66. The van der Waals surface area contributed by atoms with Crippen LogP contribution in [0, 0.1) is 18.8 Å². The number of likely N-dealkylation sites (tertiary alicyclic amines) is 2. The minimum Gasteiger partial charge on any atom is -0.342 e. The molecule has 1 aromatic carbocycles. The van der Waals surface area contributed by atoms with Crippen LogP contribution in [0.1, 0.15) is 48.0 Å². The van der Waals surface area contributed by atoms with E-state index in [4.69, 9.17) is 0 Å². The van der Waals surface area contributed by atoms with Crippen molar-refractivity contribution in [1.82, 2.24) is 14.8 Å². The lowest BCUT2D eigenvalue weighted by atomic mass is 9.84. The molecule has 1 atom stereocenters. The predicted octanol–water partition coefficient (Wildman–Crippen LogP) is 4.23. The highest BCUT2D eigenvalue weighted by Crippen LogP contribution is 2.31. The number of aryl methyl sites for hydroxylation is 1. The molecule has 0 radical (unpaired) electrons. The number of piperidine rings is 1. The highest BCUT2D eigenvalue weighted by molar-refractivity contribution is 7.17. The highest BCUT2D eigenvalue weighted by Gasteiger charge is 2.33. The molecule has 1 aromatic heterocycles. The van der Waals surface area contributed by atoms with Gasteiger partial charge in [0.15, 0.2) is 0 Å². The molecule has 2 amide bonds. The number of carbonyl (C=O) groups excluding carboxylic acids is 2. The molecule has 1 unspecified atom stereocenters. The number of nitrogens with zero attached hydrogens (tertiary/aromatic N) is 3. The van der Waals surface area contributed by atoms with E-state index in [1.165, 1.54) is 11.3 Å². The quantitative estimate of drug-likeness (QED) is 0.757. The molecule has 2 aliphatic heterocycles. The summed E-state index contributed by atoms with van der Waals surface area (Å²) < 4.78 is 0. The van der Waals surface area contributed by atoms with Gasteiger partial charge < -0.3 is 9.80 Å². The molecular formula is C23H29N3O2S. The van der Waals surface area contributed by atoms with Gasteiger partial charge in [-0.3, -0.25) is 9.59 Å². The third-order valence-corrected chi connectivity index (χ3v) is 7.55. The lowest BCUT2D eigenvalue weighted by Crippen LogP contribution is -2.43. The summed E-state index contributed by atoms with van der Waals surface area (Å²) in [5.74, 6) is 0.812. The third kappa shape index (κ3) is 4.22. The van der Waals surface area contributed by atoms with E-state index >= 15 is 0 Å². The summed E-state index contributed by atoms with van der Waals surface area (Å²) in [4.78, 5) is 35.1. The van der Waals surface area contributed by atoms with Crippen LogP contribution in [-0.4, -0.2) is 52.8 Å². The van der Waals surface area contributed by atoms with Crippen LogP contribution < -0.4 is 0 Å². The van der Waals surface area contributed by atoms with Crippen molar-refractivity contribution in [2.45, 2.75) is 39.5 Å². The van der Waals surface area contributed by atoms with E-state index in [1.807, 2.05) is 47.1 Å². The second-order valence-electron chi connectivity index (χ2n) is 8.25. The van der Waals surface area contributed by atoms with Crippen molar-refractivity contribution in [3.63, 3.8) is 0 Å². The summed E-state index contributed by atoms with van der Waals surface area (Å²) >= 11 is 1.48. The molecule has 4 rings (SSSR count). The van der Waals surface area contributed by atoms with Gasteiger partial charge in [-0.2, -0.15) is 0 Å². The van der Waals surface area contributed by atoms with Crippen molar-refractivity contribution >= 4 is 23.2 Å². The topological polar surface area (TPSA) is 53.5 Å². The number of amides is 2. The van der Waals surface area contributed by atoms with Crippen LogP contribution in [0.4, 0.5) is 0 Å². The molecule has 29 heavy (non-hydrogen) atoms. The number of hydrogen-bond acceptors (Lipinski definition) is 4. The maximum Gasteiger partial charge on any atom is 0.265 e. The summed E-state index contributed by atoms with van der Waals surface area (Å²) in [5, 5.41) is 0.895. The Balaban J connectivity index is 1.38. The van der Waals surface area contributed by atoms with Gasteiger partial charge in [0.05, 0.1) is 5.69 Å². The van der Waals surface area contributed by atoms with E-state index in [9.17, 15) is 9.59 Å². The van der Waals surface area contributed by atoms with Gasteiger partial charge >= 0.3 is 0 Å². The lowest BCUT2D eigenvalue weighted by molar-refractivity contribution is -0.136. The Morgan fingerprint density at radius 2 is 1.69 bits per heavy atom. The summed E-state index contributed by atoms with van der Waals surface area (Å²) in [6.45, 7) is 7.25. The first-order valence-electron chi connectivity index (χ1n) is 10.7. The number of benzene rings is 1. The van der Waals surface area contributed by atoms with Crippen LogP contribution in [0.25, 0.3) is 10.6 Å². The maximum absolute atomic E-state index is 13.1. The van der Waals surface area contributed by atoms with Gasteiger partial charge in [0.2, 0.25) is 5.91 Å². The molecule has 2 saturated heterocycles. The molecule has 154 valence electrons. The Morgan fingerprint density at radius 1 is 1.03 bits per heavy atom. The molecule has 2 aliphatic rings. The lowest BCUT2D eigenvalue weighted by Gasteiger charge is -2.35. The zero-order chi connectivity index (χ0) is 20.4. The number of carbonyl (C=O) groups is 2. The highest BCUT2D eigenvalue weighted by atomic mass is 32.1. The predicted molar refractivity (Wildman–Crippen MR) is 116 cm³/mol. The van der Waals surface area contributed by atoms with Crippen LogP contribution in [-0.2, 0) is 4.79 Å². The van der Waals surface area contributed by atoms with Crippen molar-refractivity contribution in [1.29, 1.82) is 0 Å². The number of rotatable bonds is 4. The number of aromatic nitrogens is 1.